The van der Waals surface area contributed by atoms with E-state index in [-0.39, 0.29) is 23.1 Å². The zero-order chi connectivity index (χ0) is 20.8. The first-order valence-corrected chi connectivity index (χ1v) is 9.27. The first-order valence-electron chi connectivity index (χ1n) is 8.45. The molecular weight excluding hydrogens is 392 g/mol. The van der Waals surface area contributed by atoms with Crippen LogP contribution in [0.25, 0.3) is 0 Å². The highest BCUT2D eigenvalue weighted by molar-refractivity contribution is 7.16. The summed E-state index contributed by atoms with van der Waals surface area (Å²) < 4.78 is 36.2. The summed E-state index contributed by atoms with van der Waals surface area (Å²) in [4.78, 5) is 36.9. The van der Waals surface area contributed by atoms with Gasteiger partial charge < -0.3 is 14.8 Å². The fourth-order valence-corrected chi connectivity index (χ4v) is 3.24. The molecule has 9 heteroatoms. The van der Waals surface area contributed by atoms with Crippen molar-refractivity contribution in [3.05, 3.63) is 51.9 Å². The van der Waals surface area contributed by atoms with Crippen molar-refractivity contribution in [3.8, 4) is 0 Å². The van der Waals surface area contributed by atoms with Crippen molar-refractivity contribution >= 4 is 34.2 Å². The second-order valence-corrected chi connectivity index (χ2v) is 7.10. The number of halogens is 2. The van der Waals surface area contributed by atoms with Gasteiger partial charge in [0.1, 0.15) is 16.6 Å². The van der Waals surface area contributed by atoms with Crippen LogP contribution in [0.4, 0.5) is 13.8 Å². The van der Waals surface area contributed by atoms with Gasteiger partial charge in [-0.25, -0.2) is 18.4 Å². The SMILES string of the molecule is CCOC(=O)c1cc(C(C)C)sc1NC(=O)COC(=O)c1ccc(F)cc1F. The molecule has 1 heterocycles. The first kappa shape index (κ1) is 21.5. The van der Waals surface area contributed by atoms with Crippen molar-refractivity contribution in [1.82, 2.24) is 0 Å². The fraction of sp³-hybridized carbons (Fsp3) is 0.316. The molecule has 0 aliphatic rings. The van der Waals surface area contributed by atoms with Crippen molar-refractivity contribution in [2.75, 3.05) is 18.5 Å². The van der Waals surface area contributed by atoms with Gasteiger partial charge in [-0.05, 0) is 31.0 Å². The minimum Gasteiger partial charge on any atom is -0.462 e. The van der Waals surface area contributed by atoms with E-state index in [4.69, 9.17) is 9.47 Å². The summed E-state index contributed by atoms with van der Waals surface area (Å²) in [5, 5.41) is 2.78. The topological polar surface area (TPSA) is 81.7 Å². The van der Waals surface area contributed by atoms with E-state index in [2.05, 4.69) is 5.32 Å². The number of ether oxygens (including phenoxy) is 2. The molecule has 0 saturated heterocycles. The molecule has 1 N–H and O–H groups in total. The average Bonchev–Trinajstić information content (AvgIpc) is 3.04. The number of thiophene rings is 1. The van der Waals surface area contributed by atoms with E-state index in [1.807, 2.05) is 13.8 Å². The lowest BCUT2D eigenvalue weighted by Crippen LogP contribution is -2.22. The molecule has 0 unspecified atom stereocenters. The highest BCUT2D eigenvalue weighted by Gasteiger charge is 2.21. The summed E-state index contributed by atoms with van der Waals surface area (Å²) in [6.45, 7) is 5.02. The van der Waals surface area contributed by atoms with Crippen LogP contribution in [-0.2, 0) is 14.3 Å². The Morgan fingerprint density at radius 3 is 2.36 bits per heavy atom. The molecule has 0 radical (unpaired) electrons. The number of rotatable bonds is 7. The van der Waals surface area contributed by atoms with Crippen LogP contribution in [0.1, 0.15) is 52.3 Å². The quantitative estimate of drug-likeness (QED) is 0.693. The summed E-state index contributed by atoms with van der Waals surface area (Å²) in [7, 11) is 0. The molecule has 150 valence electrons. The number of hydrogen-bond acceptors (Lipinski definition) is 6. The Bertz CT molecular complexity index is 894. The molecule has 1 aromatic carbocycles. The molecule has 0 atom stereocenters. The molecule has 0 fully saturated rings. The Kier molecular flexibility index (Phi) is 7.22. The molecule has 2 aromatic rings. The lowest BCUT2D eigenvalue weighted by molar-refractivity contribution is -0.119. The van der Waals surface area contributed by atoms with E-state index in [0.29, 0.717) is 6.07 Å². The fourth-order valence-electron chi connectivity index (χ4n) is 2.17. The van der Waals surface area contributed by atoms with E-state index in [1.54, 1.807) is 13.0 Å². The number of carbonyl (C=O) groups is 3. The molecule has 0 spiro atoms. The van der Waals surface area contributed by atoms with Gasteiger partial charge >= 0.3 is 11.9 Å². The molecule has 0 bridgehead atoms. The summed E-state index contributed by atoms with van der Waals surface area (Å²) in [6, 6.07) is 4.02. The third-order valence-corrected chi connectivity index (χ3v) is 4.90. The number of esters is 2. The van der Waals surface area contributed by atoms with Crippen molar-refractivity contribution in [2.24, 2.45) is 0 Å². The second kappa shape index (κ2) is 9.41. The Morgan fingerprint density at radius 2 is 1.75 bits per heavy atom. The number of anilines is 1. The van der Waals surface area contributed by atoms with Crippen molar-refractivity contribution in [1.29, 1.82) is 0 Å². The Labute approximate surface area is 164 Å². The van der Waals surface area contributed by atoms with Crippen LogP contribution in [0.15, 0.2) is 24.3 Å². The van der Waals surface area contributed by atoms with Crippen LogP contribution < -0.4 is 5.32 Å². The summed E-state index contributed by atoms with van der Waals surface area (Å²) in [5.41, 5.74) is -0.278. The lowest BCUT2D eigenvalue weighted by atomic mass is 10.1. The predicted octanol–water partition coefficient (Wildman–Crippen LogP) is 4.12. The van der Waals surface area contributed by atoms with Crippen molar-refractivity contribution < 1.29 is 32.6 Å². The smallest absolute Gasteiger partial charge is 0.341 e. The predicted molar refractivity (Wildman–Crippen MR) is 99.6 cm³/mol. The lowest BCUT2D eigenvalue weighted by Gasteiger charge is -2.07. The third-order valence-electron chi connectivity index (χ3n) is 3.55. The highest BCUT2D eigenvalue weighted by Crippen LogP contribution is 2.33. The molecule has 6 nitrogen and oxygen atoms in total. The van der Waals surface area contributed by atoms with E-state index < -0.39 is 41.7 Å². The van der Waals surface area contributed by atoms with Crippen molar-refractivity contribution in [2.45, 2.75) is 26.7 Å². The van der Waals surface area contributed by atoms with Crippen LogP contribution in [0.2, 0.25) is 0 Å². The monoisotopic (exact) mass is 411 g/mol. The summed E-state index contributed by atoms with van der Waals surface area (Å²) >= 11 is 1.21. The molecule has 2 rings (SSSR count). The third kappa shape index (κ3) is 5.35. The molecule has 0 aliphatic heterocycles. The van der Waals surface area contributed by atoms with Crippen LogP contribution in [0.5, 0.6) is 0 Å². The number of amides is 1. The van der Waals surface area contributed by atoms with E-state index >= 15 is 0 Å². The average molecular weight is 411 g/mol. The summed E-state index contributed by atoms with van der Waals surface area (Å²) in [6.07, 6.45) is 0. The molecular formula is C19H19F2NO5S. The normalized spacial score (nSPS) is 10.6. The highest BCUT2D eigenvalue weighted by atomic mass is 32.1. The number of benzene rings is 1. The second-order valence-electron chi connectivity index (χ2n) is 6.02. The Morgan fingerprint density at radius 1 is 1.07 bits per heavy atom. The van der Waals surface area contributed by atoms with Crippen molar-refractivity contribution in [3.63, 3.8) is 0 Å². The molecule has 1 aromatic heterocycles. The zero-order valence-electron chi connectivity index (χ0n) is 15.5. The summed E-state index contributed by atoms with van der Waals surface area (Å²) in [5.74, 6) is -4.19. The molecule has 0 aliphatic carbocycles. The molecule has 1 amide bonds. The standard InChI is InChI=1S/C19H19F2NO5S/c1-4-26-19(25)13-8-15(10(2)3)28-17(13)22-16(23)9-27-18(24)12-6-5-11(20)7-14(12)21/h5-8,10H,4,9H2,1-3H3,(H,22,23). The number of hydrogen-bond donors (Lipinski definition) is 1. The van der Waals surface area contributed by atoms with Gasteiger partial charge in [0.05, 0.1) is 17.7 Å². The van der Waals surface area contributed by atoms with Gasteiger partial charge in [-0.1, -0.05) is 13.8 Å². The van der Waals surface area contributed by atoms with Gasteiger partial charge in [-0.2, -0.15) is 0 Å². The van der Waals surface area contributed by atoms with E-state index in [0.717, 1.165) is 17.0 Å². The van der Waals surface area contributed by atoms with Gasteiger partial charge in [0.2, 0.25) is 0 Å². The van der Waals surface area contributed by atoms with E-state index in [1.165, 1.54) is 11.3 Å². The van der Waals surface area contributed by atoms with Gasteiger partial charge in [0.25, 0.3) is 5.91 Å². The van der Waals surface area contributed by atoms with Gasteiger partial charge in [0.15, 0.2) is 6.61 Å². The van der Waals surface area contributed by atoms with Gasteiger partial charge in [-0.3, -0.25) is 4.79 Å². The van der Waals surface area contributed by atoms with Crippen LogP contribution in [-0.4, -0.2) is 31.1 Å². The minimum atomic E-state index is -1.10. The first-order chi connectivity index (χ1) is 13.2. The Hall–Kier alpha value is -2.81. The maximum absolute atomic E-state index is 13.6. The van der Waals surface area contributed by atoms with E-state index in [9.17, 15) is 23.2 Å². The van der Waals surface area contributed by atoms with Crippen LogP contribution >= 0.6 is 11.3 Å². The number of nitrogens with one attached hydrogen (secondary N) is 1. The maximum atomic E-state index is 13.6. The maximum Gasteiger partial charge on any atom is 0.341 e. The van der Waals surface area contributed by atoms with Crippen LogP contribution in [0.3, 0.4) is 0 Å². The Balaban J connectivity index is 2.06. The van der Waals surface area contributed by atoms with Crippen LogP contribution in [0, 0.1) is 11.6 Å². The zero-order valence-corrected chi connectivity index (χ0v) is 16.3. The number of carbonyl (C=O) groups excluding carboxylic acids is 3. The molecule has 0 saturated carbocycles. The largest absolute Gasteiger partial charge is 0.462 e. The van der Waals surface area contributed by atoms with Gasteiger partial charge in [-0.15, -0.1) is 11.3 Å². The minimum absolute atomic E-state index is 0.128. The van der Waals surface area contributed by atoms with Gasteiger partial charge in [0, 0.05) is 10.9 Å². The molecule has 28 heavy (non-hydrogen) atoms.